The molecule has 0 aromatic heterocycles. The van der Waals surface area contributed by atoms with Crippen LogP contribution in [-0.4, -0.2) is 31.1 Å². The van der Waals surface area contributed by atoms with Gasteiger partial charge in [0.05, 0.1) is 10.7 Å². The first kappa shape index (κ1) is 20.0. The summed E-state index contributed by atoms with van der Waals surface area (Å²) < 4.78 is 11.1. The van der Waals surface area contributed by atoms with Gasteiger partial charge in [0, 0.05) is 17.3 Å². The van der Waals surface area contributed by atoms with Gasteiger partial charge < -0.3 is 19.7 Å². The lowest BCUT2D eigenvalue weighted by Gasteiger charge is -2.29. The van der Waals surface area contributed by atoms with Crippen molar-refractivity contribution < 1.29 is 19.1 Å². The molecule has 0 spiro atoms. The third-order valence-corrected chi connectivity index (χ3v) is 4.58. The smallest absolute Gasteiger partial charge is 0.265 e. The number of hydrogen-bond acceptors (Lipinski definition) is 4. The minimum absolute atomic E-state index is 0.0285. The fraction of sp³-hybridized carbons (Fsp3) is 0.200. The number of benzene rings is 2. The Labute approximate surface area is 172 Å². The molecule has 1 atom stereocenters. The van der Waals surface area contributed by atoms with Crippen LogP contribution in [0.15, 0.2) is 49.1 Å². The van der Waals surface area contributed by atoms with E-state index >= 15 is 0 Å². The van der Waals surface area contributed by atoms with Crippen molar-refractivity contribution in [1.82, 2.24) is 0 Å². The number of fused-ring (bicyclic) bond motifs is 1. The number of ether oxygens (including phenoxy) is 2. The Morgan fingerprint density at radius 1 is 1.36 bits per heavy atom. The first-order valence-electron chi connectivity index (χ1n) is 8.49. The number of halogens is 2. The van der Waals surface area contributed by atoms with E-state index in [1.54, 1.807) is 48.2 Å². The highest BCUT2D eigenvalue weighted by Crippen LogP contribution is 2.34. The van der Waals surface area contributed by atoms with Gasteiger partial charge in [-0.05, 0) is 43.3 Å². The summed E-state index contributed by atoms with van der Waals surface area (Å²) in [6.07, 6.45) is 0.821. The summed E-state index contributed by atoms with van der Waals surface area (Å²) in [5, 5.41) is 3.56. The second-order valence-electron chi connectivity index (χ2n) is 6.09. The van der Waals surface area contributed by atoms with Crippen molar-refractivity contribution in [3.05, 3.63) is 59.1 Å². The van der Waals surface area contributed by atoms with Gasteiger partial charge >= 0.3 is 0 Å². The Balaban J connectivity index is 1.73. The van der Waals surface area contributed by atoms with Crippen LogP contribution in [0.1, 0.15) is 6.92 Å². The molecule has 2 aromatic carbocycles. The highest BCUT2D eigenvalue weighted by molar-refractivity contribution is 6.35. The van der Waals surface area contributed by atoms with Gasteiger partial charge in [-0.1, -0.05) is 29.3 Å². The van der Waals surface area contributed by atoms with Gasteiger partial charge in [-0.3, -0.25) is 9.59 Å². The van der Waals surface area contributed by atoms with Crippen molar-refractivity contribution in [2.45, 2.75) is 13.0 Å². The molecule has 0 saturated heterocycles. The summed E-state index contributed by atoms with van der Waals surface area (Å²) in [6.45, 7) is 5.59. The van der Waals surface area contributed by atoms with Crippen LogP contribution in [-0.2, 0) is 9.59 Å². The molecule has 2 amide bonds. The number of hydrogen-bond donors (Lipinski definition) is 1. The van der Waals surface area contributed by atoms with E-state index in [0.29, 0.717) is 39.5 Å². The third-order valence-electron chi connectivity index (χ3n) is 4.05. The van der Waals surface area contributed by atoms with E-state index in [0.717, 1.165) is 0 Å². The molecule has 28 heavy (non-hydrogen) atoms. The summed E-state index contributed by atoms with van der Waals surface area (Å²) in [7, 11) is 0. The van der Waals surface area contributed by atoms with Crippen molar-refractivity contribution in [3.8, 4) is 11.5 Å². The zero-order valence-corrected chi connectivity index (χ0v) is 16.6. The van der Waals surface area contributed by atoms with Crippen LogP contribution in [0, 0.1) is 0 Å². The van der Waals surface area contributed by atoms with Crippen LogP contribution in [0.4, 0.5) is 11.4 Å². The molecule has 8 heteroatoms. The molecule has 0 bridgehead atoms. The summed E-state index contributed by atoms with van der Waals surface area (Å²) >= 11 is 11.9. The molecule has 2 aromatic rings. The monoisotopic (exact) mass is 420 g/mol. The van der Waals surface area contributed by atoms with Crippen molar-refractivity contribution >= 4 is 46.4 Å². The standard InChI is InChI=1S/C20H18Cl2N2O4/c1-3-8-24-16-10-14(5-7-18(16)27-11-19(24)25)23-20(26)12(2)28-17-6-4-13(21)9-15(17)22/h3-7,9-10,12H,1,8,11H2,2H3,(H,23,26). The van der Waals surface area contributed by atoms with Gasteiger partial charge in [0.15, 0.2) is 12.7 Å². The Morgan fingerprint density at radius 3 is 2.86 bits per heavy atom. The molecule has 1 aliphatic heterocycles. The second kappa shape index (κ2) is 8.54. The molecule has 6 nitrogen and oxygen atoms in total. The fourth-order valence-electron chi connectivity index (χ4n) is 2.67. The van der Waals surface area contributed by atoms with E-state index in [-0.39, 0.29) is 18.4 Å². The molecule has 146 valence electrons. The number of amides is 2. The third kappa shape index (κ3) is 4.40. The lowest BCUT2D eigenvalue weighted by molar-refractivity contribution is -0.122. The quantitative estimate of drug-likeness (QED) is 0.706. The molecule has 0 aliphatic carbocycles. The van der Waals surface area contributed by atoms with Gasteiger partial charge in [-0.15, -0.1) is 6.58 Å². The predicted octanol–water partition coefficient (Wildman–Crippen LogP) is 4.31. The van der Waals surface area contributed by atoms with Crippen molar-refractivity contribution in [2.75, 3.05) is 23.4 Å². The Bertz CT molecular complexity index is 932. The van der Waals surface area contributed by atoms with Gasteiger partial charge in [-0.2, -0.15) is 0 Å². The molecule has 1 heterocycles. The van der Waals surface area contributed by atoms with Crippen LogP contribution in [0.3, 0.4) is 0 Å². The van der Waals surface area contributed by atoms with Gasteiger partial charge in [0.1, 0.15) is 11.5 Å². The number of nitrogens with zero attached hydrogens (tertiary/aromatic N) is 1. The Kier molecular flexibility index (Phi) is 6.11. The van der Waals surface area contributed by atoms with Crippen LogP contribution in [0.25, 0.3) is 0 Å². The van der Waals surface area contributed by atoms with Gasteiger partial charge in [0.25, 0.3) is 11.8 Å². The summed E-state index contributed by atoms with van der Waals surface area (Å²) in [4.78, 5) is 26.1. The SMILES string of the molecule is C=CCN1C(=O)COc2ccc(NC(=O)C(C)Oc3ccc(Cl)cc3Cl)cc21. The average molecular weight is 421 g/mol. The lowest BCUT2D eigenvalue weighted by Crippen LogP contribution is -2.39. The molecule has 0 fully saturated rings. The molecule has 0 saturated carbocycles. The van der Waals surface area contributed by atoms with E-state index in [4.69, 9.17) is 32.7 Å². The first-order chi connectivity index (χ1) is 13.4. The zero-order valence-electron chi connectivity index (χ0n) is 15.1. The van der Waals surface area contributed by atoms with E-state index in [1.807, 2.05) is 0 Å². The number of carbonyl (C=O) groups excluding carboxylic acids is 2. The first-order valence-corrected chi connectivity index (χ1v) is 9.25. The summed E-state index contributed by atoms with van der Waals surface area (Å²) in [5.74, 6) is 0.376. The molecule has 0 radical (unpaired) electrons. The maximum absolute atomic E-state index is 12.5. The highest BCUT2D eigenvalue weighted by atomic mass is 35.5. The highest BCUT2D eigenvalue weighted by Gasteiger charge is 2.25. The molecular formula is C20H18Cl2N2O4. The molecular weight excluding hydrogens is 403 g/mol. The average Bonchev–Trinajstić information content (AvgIpc) is 2.66. The Hall–Kier alpha value is -2.70. The zero-order chi connectivity index (χ0) is 20.3. The second-order valence-corrected chi connectivity index (χ2v) is 6.93. The van der Waals surface area contributed by atoms with Crippen LogP contribution in [0.5, 0.6) is 11.5 Å². The lowest BCUT2D eigenvalue weighted by atomic mass is 10.2. The van der Waals surface area contributed by atoms with Crippen LogP contribution in [0.2, 0.25) is 10.0 Å². The summed E-state index contributed by atoms with van der Waals surface area (Å²) in [5.41, 5.74) is 1.08. The summed E-state index contributed by atoms with van der Waals surface area (Å²) in [6, 6.07) is 9.84. The molecule has 1 unspecified atom stereocenters. The van der Waals surface area contributed by atoms with Crippen LogP contribution < -0.4 is 19.7 Å². The van der Waals surface area contributed by atoms with Gasteiger partial charge in [-0.25, -0.2) is 0 Å². The van der Waals surface area contributed by atoms with Crippen LogP contribution >= 0.6 is 23.2 Å². The largest absolute Gasteiger partial charge is 0.482 e. The number of carbonyl (C=O) groups is 2. The topological polar surface area (TPSA) is 67.9 Å². The van der Waals surface area contributed by atoms with Gasteiger partial charge in [0.2, 0.25) is 0 Å². The fourth-order valence-corrected chi connectivity index (χ4v) is 3.12. The predicted molar refractivity (Wildman–Crippen MR) is 110 cm³/mol. The van der Waals surface area contributed by atoms with E-state index in [2.05, 4.69) is 11.9 Å². The van der Waals surface area contributed by atoms with Crippen molar-refractivity contribution in [2.24, 2.45) is 0 Å². The van der Waals surface area contributed by atoms with E-state index in [1.165, 1.54) is 6.07 Å². The number of nitrogens with one attached hydrogen (secondary N) is 1. The van der Waals surface area contributed by atoms with Crippen molar-refractivity contribution in [1.29, 1.82) is 0 Å². The minimum Gasteiger partial charge on any atom is -0.482 e. The maximum atomic E-state index is 12.5. The molecule has 1 aliphatic rings. The number of anilines is 2. The number of rotatable bonds is 6. The molecule has 1 N–H and O–H groups in total. The van der Waals surface area contributed by atoms with Crippen molar-refractivity contribution in [3.63, 3.8) is 0 Å². The molecule has 3 rings (SSSR count). The van der Waals surface area contributed by atoms with E-state index < -0.39 is 6.10 Å². The van der Waals surface area contributed by atoms with E-state index in [9.17, 15) is 9.59 Å². The maximum Gasteiger partial charge on any atom is 0.265 e. The Morgan fingerprint density at radius 2 is 2.14 bits per heavy atom. The minimum atomic E-state index is -0.808. The normalized spacial score (nSPS) is 14.0.